The lowest BCUT2D eigenvalue weighted by molar-refractivity contribution is -0.149. The smallest absolute Gasteiger partial charge is 0.410 e. The zero-order valence-electron chi connectivity index (χ0n) is 13.4. The summed E-state index contributed by atoms with van der Waals surface area (Å²) in [6, 6.07) is 0. The molecular formula is C15H25NO5. The van der Waals surface area contributed by atoms with E-state index in [0.717, 1.165) is 0 Å². The van der Waals surface area contributed by atoms with E-state index < -0.39 is 34.6 Å². The number of ether oxygens (including phenoxy) is 2. The maximum absolute atomic E-state index is 12.3. The van der Waals surface area contributed by atoms with E-state index in [-0.39, 0.29) is 6.54 Å². The van der Waals surface area contributed by atoms with Crippen LogP contribution in [0, 0.1) is 11.3 Å². The molecule has 0 aromatic heterocycles. The second-order valence-electron chi connectivity index (χ2n) is 7.52. The van der Waals surface area contributed by atoms with Crippen LogP contribution in [0.1, 0.15) is 41.0 Å². The summed E-state index contributed by atoms with van der Waals surface area (Å²) < 4.78 is 11.1. The molecule has 6 nitrogen and oxygen atoms in total. The number of hydrogen-bond donors (Lipinski definition) is 1. The molecule has 2 saturated heterocycles. The molecule has 2 aliphatic rings. The van der Waals surface area contributed by atoms with Crippen molar-refractivity contribution in [3.63, 3.8) is 0 Å². The van der Waals surface area contributed by atoms with Gasteiger partial charge in [0.15, 0.2) is 0 Å². The molecule has 0 aromatic carbocycles. The first-order valence-electron chi connectivity index (χ1n) is 7.33. The van der Waals surface area contributed by atoms with Gasteiger partial charge in [-0.3, -0.25) is 4.79 Å². The van der Waals surface area contributed by atoms with Gasteiger partial charge in [-0.2, -0.15) is 0 Å². The van der Waals surface area contributed by atoms with Gasteiger partial charge in [-0.25, -0.2) is 4.79 Å². The minimum Gasteiger partial charge on any atom is -0.481 e. The van der Waals surface area contributed by atoms with Crippen LogP contribution in [0.4, 0.5) is 4.79 Å². The number of likely N-dealkylation sites (tertiary alicyclic amines) is 1. The Labute approximate surface area is 125 Å². The van der Waals surface area contributed by atoms with Crippen molar-refractivity contribution in [2.45, 2.75) is 52.2 Å². The van der Waals surface area contributed by atoms with Crippen molar-refractivity contribution in [3.8, 4) is 0 Å². The van der Waals surface area contributed by atoms with E-state index >= 15 is 0 Å². The van der Waals surface area contributed by atoms with Gasteiger partial charge in [0.2, 0.25) is 0 Å². The third kappa shape index (κ3) is 2.73. The van der Waals surface area contributed by atoms with Crippen molar-refractivity contribution in [3.05, 3.63) is 0 Å². The minimum atomic E-state index is -0.875. The number of carboxylic acids is 1. The lowest BCUT2D eigenvalue weighted by atomic mass is 9.66. The number of aliphatic carboxylic acids is 1. The highest BCUT2D eigenvalue weighted by atomic mass is 16.6. The van der Waals surface area contributed by atoms with E-state index in [4.69, 9.17) is 9.47 Å². The predicted octanol–water partition coefficient (Wildman–Crippen LogP) is 2.12. The van der Waals surface area contributed by atoms with Gasteiger partial charge in [-0.15, -0.1) is 0 Å². The Morgan fingerprint density at radius 1 is 1.33 bits per heavy atom. The van der Waals surface area contributed by atoms with Gasteiger partial charge in [0.1, 0.15) is 5.60 Å². The number of carbonyl (C=O) groups is 2. The summed E-state index contributed by atoms with van der Waals surface area (Å²) in [6.07, 6.45) is 0.198. The third-order valence-corrected chi connectivity index (χ3v) is 4.70. The van der Waals surface area contributed by atoms with Crippen LogP contribution in [-0.2, 0) is 14.3 Å². The van der Waals surface area contributed by atoms with E-state index in [9.17, 15) is 14.7 Å². The largest absolute Gasteiger partial charge is 0.481 e. The van der Waals surface area contributed by atoms with Gasteiger partial charge >= 0.3 is 12.1 Å². The summed E-state index contributed by atoms with van der Waals surface area (Å²) >= 11 is 0. The average Bonchev–Trinajstić information content (AvgIpc) is 2.80. The molecule has 1 N–H and O–H groups in total. The Bertz CT molecular complexity index is 453. The molecule has 2 heterocycles. The number of hydrogen-bond acceptors (Lipinski definition) is 4. The molecule has 1 amide bonds. The fraction of sp³-hybridized carbons (Fsp3) is 0.867. The summed E-state index contributed by atoms with van der Waals surface area (Å²) in [5.41, 5.74) is -1.70. The molecule has 2 rings (SSSR count). The van der Waals surface area contributed by atoms with E-state index in [2.05, 4.69) is 0 Å². The molecule has 6 heteroatoms. The Morgan fingerprint density at radius 2 is 1.95 bits per heavy atom. The normalized spacial score (nSPS) is 31.7. The Kier molecular flexibility index (Phi) is 3.72. The van der Waals surface area contributed by atoms with E-state index in [0.29, 0.717) is 19.6 Å². The standard InChI is InChI=1S/C15H25NO5/c1-13(2,3)21-12(19)16-8-10(11(17)18)15(9-16)6-7-20-14(15,4)5/h10H,6-9H2,1-5H3,(H,17,18). The molecule has 0 bridgehead atoms. The van der Waals surface area contributed by atoms with Crippen molar-refractivity contribution in [1.82, 2.24) is 4.90 Å². The van der Waals surface area contributed by atoms with Crippen LogP contribution < -0.4 is 0 Å². The highest BCUT2D eigenvalue weighted by molar-refractivity contribution is 5.76. The van der Waals surface area contributed by atoms with E-state index in [1.165, 1.54) is 4.90 Å². The van der Waals surface area contributed by atoms with E-state index in [1.807, 2.05) is 13.8 Å². The van der Waals surface area contributed by atoms with Crippen LogP contribution in [0.5, 0.6) is 0 Å². The van der Waals surface area contributed by atoms with Crippen LogP contribution in [-0.4, -0.2) is 53.0 Å². The molecular weight excluding hydrogens is 274 g/mol. The molecule has 2 atom stereocenters. The van der Waals surface area contributed by atoms with Crippen LogP contribution in [0.25, 0.3) is 0 Å². The van der Waals surface area contributed by atoms with Crippen molar-refractivity contribution in [2.24, 2.45) is 11.3 Å². The van der Waals surface area contributed by atoms with Crippen LogP contribution in [0.2, 0.25) is 0 Å². The second-order valence-corrected chi connectivity index (χ2v) is 7.52. The lowest BCUT2D eigenvalue weighted by Gasteiger charge is -2.39. The van der Waals surface area contributed by atoms with Crippen molar-refractivity contribution in [1.29, 1.82) is 0 Å². The highest BCUT2D eigenvalue weighted by Crippen LogP contribution is 2.53. The predicted molar refractivity (Wildman–Crippen MR) is 76.0 cm³/mol. The first-order valence-corrected chi connectivity index (χ1v) is 7.33. The molecule has 2 aliphatic heterocycles. The summed E-state index contributed by atoms with van der Waals surface area (Å²) in [6.45, 7) is 10.3. The molecule has 2 unspecified atom stereocenters. The monoisotopic (exact) mass is 299 g/mol. The van der Waals surface area contributed by atoms with Gasteiger partial charge in [0.05, 0.1) is 11.5 Å². The van der Waals surface area contributed by atoms with Gasteiger partial charge < -0.3 is 19.5 Å². The van der Waals surface area contributed by atoms with Crippen LogP contribution >= 0.6 is 0 Å². The van der Waals surface area contributed by atoms with Crippen LogP contribution in [0.15, 0.2) is 0 Å². The second kappa shape index (κ2) is 4.87. The van der Waals surface area contributed by atoms with Crippen molar-refractivity contribution in [2.75, 3.05) is 19.7 Å². The zero-order chi connectivity index (χ0) is 16.1. The van der Waals surface area contributed by atoms with Gasteiger partial charge in [-0.1, -0.05) is 0 Å². The average molecular weight is 299 g/mol. The molecule has 0 radical (unpaired) electrons. The van der Waals surface area contributed by atoms with Gasteiger partial charge in [-0.05, 0) is 41.0 Å². The number of rotatable bonds is 1. The fourth-order valence-corrected chi connectivity index (χ4v) is 3.49. The maximum Gasteiger partial charge on any atom is 0.410 e. The summed E-state index contributed by atoms with van der Waals surface area (Å²) in [5.74, 6) is -1.50. The summed E-state index contributed by atoms with van der Waals surface area (Å²) in [4.78, 5) is 25.4. The van der Waals surface area contributed by atoms with Gasteiger partial charge in [0, 0.05) is 25.1 Å². The van der Waals surface area contributed by atoms with Crippen molar-refractivity contribution < 1.29 is 24.2 Å². The first-order chi connectivity index (χ1) is 9.48. The Balaban J connectivity index is 2.24. The SMILES string of the molecule is CC(C)(C)OC(=O)N1CC(C(=O)O)C2(CCOC2(C)C)C1. The molecule has 0 aromatic rings. The molecule has 0 saturated carbocycles. The first kappa shape index (κ1) is 16.1. The number of carbonyl (C=O) groups excluding carboxylic acids is 1. The Morgan fingerprint density at radius 3 is 2.38 bits per heavy atom. The minimum absolute atomic E-state index is 0.178. The maximum atomic E-state index is 12.3. The fourth-order valence-electron chi connectivity index (χ4n) is 3.49. The highest BCUT2D eigenvalue weighted by Gasteiger charge is 2.62. The molecule has 1 spiro atoms. The van der Waals surface area contributed by atoms with Gasteiger partial charge in [0.25, 0.3) is 0 Å². The molecule has 0 aliphatic carbocycles. The quantitative estimate of drug-likeness (QED) is 0.802. The number of carboxylic acid groups (broad SMARTS) is 1. The summed E-state index contributed by atoms with van der Waals surface area (Å²) in [7, 11) is 0. The van der Waals surface area contributed by atoms with Crippen LogP contribution in [0.3, 0.4) is 0 Å². The van der Waals surface area contributed by atoms with Crippen molar-refractivity contribution >= 4 is 12.1 Å². The summed E-state index contributed by atoms with van der Waals surface area (Å²) in [5, 5.41) is 9.57. The lowest BCUT2D eigenvalue weighted by Crippen LogP contribution is -2.48. The number of nitrogens with zero attached hydrogens (tertiary/aromatic N) is 1. The number of amides is 1. The topological polar surface area (TPSA) is 76.1 Å². The molecule has 2 fully saturated rings. The molecule has 21 heavy (non-hydrogen) atoms. The molecule has 120 valence electrons. The Hall–Kier alpha value is -1.30. The zero-order valence-corrected chi connectivity index (χ0v) is 13.4. The third-order valence-electron chi connectivity index (χ3n) is 4.70. The van der Waals surface area contributed by atoms with E-state index in [1.54, 1.807) is 20.8 Å².